The molecular formula is C11H15ClF3N3O. The van der Waals surface area contributed by atoms with Gasteiger partial charge in [0.15, 0.2) is 0 Å². The lowest BCUT2D eigenvalue weighted by Crippen LogP contribution is -2.31. The Balaban J connectivity index is 2.83. The SMILES string of the molecule is CC(C)CCNc1cnn(CC(F)(F)F)c(=O)c1Cl. The van der Waals surface area contributed by atoms with Gasteiger partial charge in [-0.3, -0.25) is 4.79 Å². The molecule has 0 aliphatic heterocycles. The highest BCUT2D eigenvalue weighted by atomic mass is 35.5. The van der Waals surface area contributed by atoms with Crippen LogP contribution in [0.1, 0.15) is 20.3 Å². The Kier molecular flexibility index (Phi) is 5.22. The summed E-state index contributed by atoms with van der Waals surface area (Å²) in [5, 5.41) is 6.07. The van der Waals surface area contributed by atoms with Gasteiger partial charge < -0.3 is 5.32 Å². The van der Waals surface area contributed by atoms with Crippen molar-refractivity contribution in [3.63, 3.8) is 0 Å². The zero-order chi connectivity index (χ0) is 14.6. The summed E-state index contributed by atoms with van der Waals surface area (Å²) < 4.78 is 36.9. The molecule has 0 amide bonds. The first-order valence-electron chi connectivity index (χ1n) is 5.77. The molecule has 1 N–H and O–H groups in total. The molecule has 0 aliphatic carbocycles. The van der Waals surface area contributed by atoms with E-state index in [1.54, 1.807) is 0 Å². The zero-order valence-corrected chi connectivity index (χ0v) is 11.3. The van der Waals surface area contributed by atoms with E-state index in [0.29, 0.717) is 17.1 Å². The summed E-state index contributed by atoms with van der Waals surface area (Å²) in [5.74, 6) is 0.463. The minimum absolute atomic E-state index is 0.255. The summed E-state index contributed by atoms with van der Waals surface area (Å²) in [6.45, 7) is 3.19. The minimum Gasteiger partial charge on any atom is -0.382 e. The van der Waals surface area contributed by atoms with E-state index in [9.17, 15) is 18.0 Å². The van der Waals surface area contributed by atoms with E-state index in [0.717, 1.165) is 12.6 Å². The number of hydrogen-bond acceptors (Lipinski definition) is 3. The Morgan fingerprint density at radius 3 is 2.63 bits per heavy atom. The molecule has 0 atom stereocenters. The van der Waals surface area contributed by atoms with Crippen LogP contribution < -0.4 is 10.9 Å². The fourth-order valence-electron chi connectivity index (χ4n) is 1.37. The molecule has 4 nitrogen and oxygen atoms in total. The molecule has 0 aromatic carbocycles. The molecule has 8 heteroatoms. The van der Waals surface area contributed by atoms with E-state index in [1.807, 2.05) is 13.8 Å². The molecule has 0 saturated heterocycles. The number of halogens is 4. The van der Waals surface area contributed by atoms with Crippen molar-refractivity contribution in [3.05, 3.63) is 21.6 Å². The van der Waals surface area contributed by atoms with Gasteiger partial charge in [-0.05, 0) is 12.3 Å². The molecular weight excluding hydrogens is 283 g/mol. The molecule has 0 fully saturated rings. The molecule has 0 spiro atoms. The third-order valence-corrected chi connectivity index (χ3v) is 2.72. The molecule has 0 bridgehead atoms. The van der Waals surface area contributed by atoms with Crippen LogP contribution in [0, 0.1) is 5.92 Å². The lowest BCUT2D eigenvalue weighted by atomic mass is 10.1. The standard InChI is InChI=1S/C11H15ClF3N3O/c1-7(2)3-4-16-8-5-17-18(6-11(13,14)15)10(19)9(8)12/h5,7,16H,3-4,6H2,1-2H3. The van der Waals surface area contributed by atoms with E-state index < -0.39 is 18.3 Å². The first-order chi connectivity index (χ1) is 8.70. The van der Waals surface area contributed by atoms with Gasteiger partial charge in [0.2, 0.25) is 0 Å². The summed E-state index contributed by atoms with van der Waals surface area (Å²) in [7, 11) is 0. The summed E-state index contributed by atoms with van der Waals surface area (Å²) >= 11 is 5.74. The predicted molar refractivity (Wildman–Crippen MR) is 67.5 cm³/mol. The lowest BCUT2D eigenvalue weighted by Gasteiger charge is -2.12. The normalized spacial score (nSPS) is 11.9. The van der Waals surface area contributed by atoms with Gasteiger partial charge in [0.1, 0.15) is 11.6 Å². The molecule has 0 radical (unpaired) electrons. The molecule has 0 saturated carbocycles. The number of nitrogens with one attached hydrogen (secondary N) is 1. The topological polar surface area (TPSA) is 46.9 Å². The van der Waals surface area contributed by atoms with Crippen molar-refractivity contribution in [2.24, 2.45) is 5.92 Å². The number of alkyl halides is 3. The van der Waals surface area contributed by atoms with Crippen LogP contribution in [0.2, 0.25) is 5.02 Å². The Hall–Kier alpha value is -1.24. The van der Waals surface area contributed by atoms with Gasteiger partial charge in [-0.1, -0.05) is 25.4 Å². The second-order valence-electron chi connectivity index (χ2n) is 4.56. The molecule has 1 heterocycles. The highest BCUT2D eigenvalue weighted by molar-refractivity contribution is 6.32. The predicted octanol–water partition coefficient (Wildman–Crippen LogP) is 2.92. The smallest absolute Gasteiger partial charge is 0.382 e. The van der Waals surface area contributed by atoms with Gasteiger partial charge in [-0.15, -0.1) is 0 Å². The van der Waals surface area contributed by atoms with Crippen molar-refractivity contribution in [2.45, 2.75) is 33.0 Å². The molecule has 1 aromatic rings. The van der Waals surface area contributed by atoms with E-state index in [1.165, 1.54) is 0 Å². The van der Waals surface area contributed by atoms with Gasteiger partial charge in [0.25, 0.3) is 5.56 Å². The summed E-state index contributed by atoms with van der Waals surface area (Å²) in [6.07, 6.45) is -2.52. The Morgan fingerprint density at radius 2 is 2.11 bits per heavy atom. The van der Waals surface area contributed by atoms with Crippen LogP contribution in [0.3, 0.4) is 0 Å². The lowest BCUT2D eigenvalue weighted by molar-refractivity contribution is -0.143. The Morgan fingerprint density at radius 1 is 1.47 bits per heavy atom. The molecule has 108 valence electrons. The van der Waals surface area contributed by atoms with Crippen molar-refractivity contribution in [3.8, 4) is 0 Å². The number of rotatable bonds is 5. The summed E-state index contributed by atoms with van der Waals surface area (Å²) in [6, 6.07) is 0. The number of anilines is 1. The summed E-state index contributed by atoms with van der Waals surface area (Å²) in [5.41, 5.74) is -0.695. The second kappa shape index (κ2) is 6.27. The maximum absolute atomic E-state index is 12.2. The van der Waals surface area contributed by atoms with Crippen LogP contribution >= 0.6 is 11.6 Å². The average molecular weight is 298 g/mol. The zero-order valence-electron chi connectivity index (χ0n) is 10.6. The van der Waals surface area contributed by atoms with Gasteiger partial charge in [-0.2, -0.15) is 18.3 Å². The van der Waals surface area contributed by atoms with Crippen LogP contribution in [0.5, 0.6) is 0 Å². The maximum Gasteiger partial charge on any atom is 0.408 e. The quantitative estimate of drug-likeness (QED) is 0.909. The maximum atomic E-state index is 12.2. The minimum atomic E-state index is -4.51. The largest absolute Gasteiger partial charge is 0.408 e. The fourth-order valence-corrected chi connectivity index (χ4v) is 1.58. The average Bonchev–Trinajstić information content (AvgIpc) is 2.26. The fraction of sp³-hybridized carbons (Fsp3) is 0.636. The number of aromatic nitrogens is 2. The highest BCUT2D eigenvalue weighted by Crippen LogP contribution is 2.19. The highest BCUT2D eigenvalue weighted by Gasteiger charge is 2.29. The van der Waals surface area contributed by atoms with E-state index >= 15 is 0 Å². The van der Waals surface area contributed by atoms with Crippen LogP contribution in [0.15, 0.2) is 11.0 Å². The van der Waals surface area contributed by atoms with Crippen LogP contribution in [0.25, 0.3) is 0 Å². The third-order valence-electron chi connectivity index (χ3n) is 2.35. The van der Waals surface area contributed by atoms with Crippen molar-refractivity contribution in [2.75, 3.05) is 11.9 Å². The van der Waals surface area contributed by atoms with Crippen LogP contribution in [-0.4, -0.2) is 22.5 Å². The van der Waals surface area contributed by atoms with Crippen molar-refractivity contribution < 1.29 is 13.2 Å². The van der Waals surface area contributed by atoms with Crippen molar-refractivity contribution >= 4 is 17.3 Å². The number of hydrogen-bond donors (Lipinski definition) is 1. The number of nitrogens with zero attached hydrogens (tertiary/aromatic N) is 2. The van der Waals surface area contributed by atoms with Crippen molar-refractivity contribution in [1.82, 2.24) is 9.78 Å². The summed E-state index contributed by atoms with van der Waals surface area (Å²) in [4.78, 5) is 11.6. The van der Waals surface area contributed by atoms with Crippen molar-refractivity contribution in [1.29, 1.82) is 0 Å². The first kappa shape index (κ1) is 15.8. The molecule has 0 aliphatic rings. The molecule has 1 rings (SSSR count). The van der Waals surface area contributed by atoms with Crippen LogP contribution in [-0.2, 0) is 6.54 Å². The van der Waals surface area contributed by atoms with E-state index in [4.69, 9.17) is 11.6 Å². The van der Waals surface area contributed by atoms with Gasteiger partial charge in [0, 0.05) is 6.54 Å². The Labute approximate surface area is 113 Å². The van der Waals surface area contributed by atoms with E-state index in [2.05, 4.69) is 10.4 Å². The first-order valence-corrected chi connectivity index (χ1v) is 6.14. The van der Waals surface area contributed by atoms with Gasteiger partial charge in [0.05, 0.1) is 11.9 Å². The Bertz CT molecular complexity index is 485. The van der Waals surface area contributed by atoms with E-state index in [-0.39, 0.29) is 10.7 Å². The third kappa shape index (κ3) is 5.10. The molecule has 0 unspecified atom stereocenters. The van der Waals surface area contributed by atoms with Gasteiger partial charge in [-0.25, -0.2) is 4.68 Å². The second-order valence-corrected chi connectivity index (χ2v) is 4.94. The van der Waals surface area contributed by atoms with Gasteiger partial charge >= 0.3 is 6.18 Å². The molecule has 19 heavy (non-hydrogen) atoms. The monoisotopic (exact) mass is 297 g/mol. The molecule has 1 aromatic heterocycles. The van der Waals surface area contributed by atoms with Crippen LogP contribution in [0.4, 0.5) is 18.9 Å².